The number of amides is 1. The highest BCUT2D eigenvalue weighted by molar-refractivity contribution is 5.95. The fourth-order valence-corrected chi connectivity index (χ4v) is 1.92. The van der Waals surface area contributed by atoms with Gasteiger partial charge in [-0.2, -0.15) is 0 Å². The van der Waals surface area contributed by atoms with Crippen LogP contribution in [0.4, 0.5) is 14.6 Å². The van der Waals surface area contributed by atoms with Gasteiger partial charge in [-0.25, -0.2) is 13.8 Å². The highest BCUT2D eigenvalue weighted by Crippen LogP contribution is 2.17. The Hall–Kier alpha value is -2.50. The quantitative estimate of drug-likeness (QED) is 0.942. The number of carbonyl (C=O) groups excluding carboxylic acids is 1. The van der Waals surface area contributed by atoms with E-state index in [2.05, 4.69) is 10.3 Å². The number of nitrogens with one attached hydrogen (secondary N) is 1. The molecule has 0 aliphatic rings. The Balaban J connectivity index is 2.17. The lowest BCUT2D eigenvalue weighted by atomic mass is 10.1. The van der Waals surface area contributed by atoms with Crippen molar-refractivity contribution in [1.82, 2.24) is 9.88 Å². The zero-order chi connectivity index (χ0) is 15.4. The monoisotopic (exact) mass is 291 g/mol. The van der Waals surface area contributed by atoms with Crippen molar-refractivity contribution in [2.45, 2.75) is 6.54 Å². The van der Waals surface area contributed by atoms with E-state index in [-0.39, 0.29) is 23.7 Å². The molecule has 2 rings (SSSR count). The molecular formula is C15H15F2N3O. The van der Waals surface area contributed by atoms with Gasteiger partial charge in [0, 0.05) is 26.8 Å². The van der Waals surface area contributed by atoms with Crippen molar-refractivity contribution in [3.05, 3.63) is 59.3 Å². The van der Waals surface area contributed by atoms with Crippen molar-refractivity contribution in [3.8, 4) is 0 Å². The molecule has 0 atom stereocenters. The van der Waals surface area contributed by atoms with Gasteiger partial charge in [0.1, 0.15) is 5.82 Å². The first kappa shape index (κ1) is 14.9. The van der Waals surface area contributed by atoms with Crippen LogP contribution in [0.25, 0.3) is 0 Å². The second-order valence-electron chi connectivity index (χ2n) is 4.56. The van der Waals surface area contributed by atoms with Crippen LogP contribution in [0.2, 0.25) is 0 Å². The third-order valence-electron chi connectivity index (χ3n) is 3.04. The van der Waals surface area contributed by atoms with Crippen molar-refractivity contribution >= 4 is 11.7 Å². The number of pyridine rings is 1. The molecule has 1 N–H and O–H groups in total. The molecule has 0 bridgehead atoms. The first-order chi connectivity index (χ1) is 10.0. The van der Waals surface area contributed by atoms with E-state index in [1.165, 1.54) is 36.3 Å². The van der Waals surface area contributed by atoms with Crippen molar-refractivity contribution < 1.29 is 13.6 Å². The predicted octanol–water partition coefficient (Wildman–Crippen LogP) is 2.67. The fourth-order valence-electron chi connectivity index (χ4n) is 1.92. The summed E-state index contributed by atoms with van der Waals surface area (Å²) in [6, 6.07) is 7.14. The number of halogens is 2. The van der Waals surface area contributed by atoms with E-state index in [0.717, 1.165) is 5.56 Å². The molecule has 0 aliphatic heterocycles. The van der Waals surface area contributed by atoms with Crippen molar-refractivity contribution in [2.24, 2.45) is 0 Å². The number of hydrogen-bond donors (Lipinski definition) is 1. The minimum Gasteiger partial charge on any atom is -0.371 e. The maximum atomic E-state index is 14.1. The molecule has 1 aromatic carbocycles. The Morgan fingerprint density at radius 3 is 2.52 bits per heavy atom. The summed E-state index contributed by atoms with van der Waals surface area (Å²) >= 11 is 0. The van der Waals surface area contributed by atoms with Gasteiger partial charge in [-0.05, 0) is 23.8 Å². The fraction of sp³-hybridized carbons (Fsp3) is 0.200. The van der Waals surface area contributed by atoms with Gasteiger partial charge in [0.05, 0.1) is 5.56 Å². The van der Waals surface area contributed by atoms with E-state index in [0.29, 0.717) is 0 Å². The molecule has 1 heterocycles. The van der Waals surface area contributed by atoms with E-state index in [9.17, 15) is 13.6 Å². The van der Waals surface area contributed by atoms with Crippen LogP contribution in [-0.2, 0) is 6.54 Å². The standard InChI is InChI=1S/C15H15F2N3O/c1-18-14-13(17)12(7-8-19-14)15(21)20(2)9-10-3-5-11(16)6-4-10/h3-8H,9H2,1-2H3,(H,18,19). The molecule has 6 heteroatoms. The third-order valence-corrected chi connectivity index (χ3v) is 3.04. The van der Waals surface area contributed by atoms with Crippen LogP contribution in [0.5, 0.6) is 0 Å². The Labute approximate surface area is 121 Å². The molecule has 2 aromatic rings. The predicted molar refractivity (Wildman–Crippen MR) is 75.9 cm³/mol. The molecule has 0 saturated carbocycles. The molecule has 1 amide bonds. The van der Waals surface area contributed by atoms with E-state index in [1.54, 1.807) is 19.2 Å². The summed E-state index contributed by atoms with van der Waals surface area (Å²) in [6.45, 7) is 0.260. The lowest BCUT2D eigenvalue weighted by molar-refractivity contribution is 0.0780. The second-order valence-corrected chi connectivity index (χ2v) is 4.56. The van der Waals surface area contributed by atoms with Crippen LogP contribution in [0.3, 0.4) is 0 Å². The molecule has 0 spiro atoms. The van der Waals surface area contributed by atoms with Crippen LogP contribution in [-0.4, -0.2) is 29.9 Å². The van der Waals surface area contributed by atoms with Gasteiger partial charge in [0.25, 0.3) is 5.91 Å². The number of nitrogens with zero attached hydrogens (tertiary/aromatic N) is 2. The van der Waals surface area contributed by atoms with Gasteiger partial charge in [-0.3, -0.25) is 4.79 Å². The van der Waals surface area contributed by atoms with E-state index < -0.39 is 11.7 Å². The van der Waals surface area contributed by atoms with Gasteiger partial charge >= 0.3 is 0 Å². The van der Waals surface area contributed by atoms with Crippen LogP contribution < -0.4 is 5.32 Å². The molecular weight excluding hydrogens is 276 g/mol. The third kappa shape index (κ3) is 3.34. The average molecular weight is 291 g/mol. The molecule has 0 unspecified atom stereocenters. The first-order valence-electron chi connectivity index (χ1n) is 6.35. The lowest BCUT2D eigenvalue weighted by Crippen LogP contribution is -2.27. The summed E-state index contributed by atoms with van der Waals surface area (Å²) < 4.78 is 26.9. The van der Waals surface area contributed by atoms with E-state index in [1.807, 2.05) is 0 Å². The zero-order valence-corrected chi connectivity index (χ0v) is 11.7. The van der Waals surface area contributed by atoms with Crippen LogP contribution in [0.1, 0.15) is 15.9 Å². The number of aromatic nitrogens is 1. The zero-order valence-electron chi connectivity index (χ0n) is 11.7. The molecule has 0 saturated heterocycles. The summed E-state index contributed by atoms with van der Waals surface area (Å²) in [5, 5.41) is 2.59. The first-order valence-corrected chi connectivity index (χ1v) is 6.35. The van der Waals surface area contributed by atoms with Gasteiger partial charge in [0.2, 0.25) is 0 Å². The summed E-state index contributed by atoms with van der Waals surface area (Å²) in [5.41, 5.74) is 0.703. The van der Waals surface area contributed by atoms with Crippen molar-refractivity contribution in [3.63, 3.8) is 0 Å². The normalized spacial score (nSPS) is 10.3. The van der Waals surface area contributed by atoms with Crippen LogP contribution in [0.15, 0.2) is 36.5 Å². The van der Waals surface area contributed by atoms with Crippen LogP contribution >= 0.6 is 0 Å². The lowest BCUT2D eigenvalue weighted by Gasteiger charge is -2.18. The minimum atomic E-state index is -0.684. The van der Waals surface area contributed by atoms with Gasteiger partial charge in [-0.15, -0.1) is 0 Å². The molecule has 0 fully saturated rings. The highest BCUT2D eigenvalue weighted by atomic mass is 19.1. The van der Waals surface area contributed by atoms with Crippen molar-refractivity contribution in [1.29, 1.82) is 0 Å². The molecule has 4 nitrogen and oxygen atoms in total. The maximum Gasteiger partial charge on any atom is 0.257 e. The average Bonchev–Trinajstić information content (AvgIpc) is 2.49. The summed E-state index contributed by atoms with van der Waals surface area (Å²) in [7, 11) is 3.09. The van der Waals surface area contributed by atoms with Gasteiger partial charge in [-0.1, -0.05) is 12.1 Å². The van der Waals surface area contributed by atoms with Crippen LogP contribution in [0, 0.1) is 11.6 Å². The molecule has 0 radical (unpaired) electrons. The van der Waals surface area contributed by atoms with Gasteiger partial charge in [0.15, 0.2) is 11.6 Å². The number of rotatable bonds is 4. The Morgan fingerprint density at radius 2 is 1.90 bits per heavy atom. The Morgan fingerprint density at radius 1 is 1.24 bits per heavy atom. The summed E-state index contributed by atoms with van der Waals surface area (Å²) in [6.07, 6.45) is 1.37. The summed E-state index contributed by atoms with van der Waals surface area (Å²) in [5.74, 6) is -1.46. The largest absolute Gasteiger partial charge is 0.371 e. The minimum absolute atomic E-state index is 0.0241. The smallest absolute Gasteiger partial charge is 0.257 e. The van der Waals surface area contributed by atoms with E-state index >= 15 is 0 Å². The van der Waals surface area contributed by atoms with E-state index in [4.69, 9.17) is 0 Å². The SMILES string of the molecule is CNc1nccc(C(=O)N(C)Cc2ccc(F)cc2)c1F. The molecule has 0 aliphatic carbocycles. The van der Waals surface area contributed by atoms with Gasteiger partial charge < -0.3 is 10.2 Å². The Kier molecular flexibility index (Phi) is 4.47. The second kappa shape index (κ2) is 6.30. The van der Waals surface area contributed by atoms with Crippen molar-refractivity contribution in [2.75, 3.05) is 19.4 Å². The number of benzene rings is 1. The molecule has 21 heavy (non-hydrogen) atoms. The highest BCUT2D eigenvalue weighted by Gasteiger charge is 2.19. The molecule has 1 aromatic heterocycles. The maximum absolute atomic E-state index is 14.1. The Bertz CT molecular complexity index is 644. The molecule has 110 valence electrons. The number of carbonyl (C=O) groups is 1. The number of anilines is 1. The topological polar surface area (TPSA) is 45.2 Å². The number of hydrogen-bond acceptors (Lipinski definition) is 3. The summed E-state index contributed by atoms with van der Waals surface area (Å²) in [4.78, 5) is 17.4.